The van der Waals surface area contributed by atoms with Gasteiger partial charge in [0.25, 0.3) is 0 Å². The highest BCUT2D eigenvalue weighted by molar-refractivity contribution is 7.71. The number of phenolic OH excluding ortho intramolecular Hbond substituents is 1. The molecule has 0 aliphatic carbocycles. The Balaban J connectivity index is 1.66. The number of nitrogens with zero attached hydrogens (tertiary/aromatic N) is 2. The Bertz CT molecular complexity index is 806. The van der Waals surface area contributed by atoms with Gasteiger partial charge in [0.15, 0.2) is 4.77 Å². The largest absolute Gasteiger partial charge is 0.508 e. The van der Waals surface area contributed by atoms with Gasteiger partial charge in [0.05, 0.1) is 0 Å². The Morgan fingerprint density at radius 2 is 1.61 bits per heavy atom. The number of phenols is 1. The molecule has 5 heteroatoms. The van der Waals surface area contributed by atoms with Crippen LogP contribution in [0.4, 0.5) is 0 Å². The van der Waals surface area contributed by atoms with Crippen molar-refractivity contribution in [2.24, 2.45) is 0 Å². The van der Waals surface area contributed by atoms with E-state index < -0.39 is 0 Å². The lowest BCUT2D eigenvalue weighted by Crippen LogP contribution is -2.08. The van der Waals surface area contributed by atoms with Crippen LogP contribution in [-0.2, 0) is 25.8 Å². The number of rotatable bonds is 6. The molecular weight excluding hydrogens is 306 g/mol. The van der Waals surface area contributed by atoms with Crippen LogP contribution in [-0.4, -0.2) is 19.9 Å². The highest BCUT2D eigenvalue weighted by Crippen LogP contribution is 2.12. The van der Waals surface area contributed by atoms with Crippen LogP contribution in [0.15, 0.2) is 54.6 Å². The molecular formula is C18H19N3OS. The second kappa shape index (κ2) is 7.24. The maximum absolute atomic E-state index is 9.33. The zero-order valence-electron chi connectivity index (χ0n) is 12.8. The van der Waals surface area contributed by atoms with Gasteiger partial charge in [-0.25, -0.2) is 0 Å². The van der Waals surface area contributed by atoms with Crippen molar-refractivity contribution in [3.05, 3.63) is 76.3 Å². The third kappa shape index (κ3) is 4.07. The number of nitrogens with one attached hydrogen (secondary N) is 1. The van der Waals surface area contributed by atoms with Gasteiger partial charge in [-0.15, -0.1) is 0 Å². The van der Waals surface area contributed by atoms with Gasteiger partial charge in [0.2, 0.25) is 0 Å². The van der Waals surface area contributed by atoms with E-state index >= 15 is 0 Å². The highest BCUT2D eigenvalue weighted by Gasteiger charge is 2.07. The summed E-state index contributed by atoms with van der Waals surface area (Å²) in [5.74, 6) is 1.26. The first-order valence-corrected chi connectivity index (χ1v) is 8.09. The van der Waals surface area contributed by atoms with Gasteiger partial charge >= 0.3 is 0 Å². The summed E-state index contributed by atoms with van der Waals surface area (Å²) in [5.41, 5.74) is 2.46. The summed E-state index contributed by atoms with van der Waals surface area (Å²) >= 11 is 5.35. The maximum Gasteiger partial charge on any atom is 0.195 e. The Morgan fingerprint density at radius 3 is 2.35 bits per heavy atom. The lowest BCUT2D eigenvalue weighted by Gasteiger charge is -2.07. The molecule has 1 heterocycles. The van der Waals surface area contributed by atoms with Crippen LogP contribution in [0, 0.1) is 4.77 Å². The van der Waals surface area contributed by atoms with E-state index in [1.807, 2.05) is 18.2 Å². The third-order valence-electron chi connectivity index (χ3n) is 3.88. The van der Waals surface area contributed by atoms with Crippen molar-refractivity contribution in [2.75, 3.05) is 0 Å². The number of hydrogen-bond donors (Lipinski definition) is 2. The zero-order valence-corrected chi connectivity index (χ0v) is 13.6. The van der Waals surface area contributed by atoms with Crippen molar-refractivity contribution in [1.29, 1.82) is 0 Å². The molecule has 0 fully saturated rings. The molecule has 3 rings (SSSR count). The van der Waals surface area contributed by atoms with Crippen molar-refractivity contribution in [1.82, 2.24) is 14.8 Å². The Labute approximate surface area is 140 Å². The SMILES string of the molecule is Oc1ccc(CCc2n[nH]c(=S)n2CCc2ccccc2)cc1. The zero-order chi connectivity index (χ0) is 16.1. The predicted octanol–water partition coefficient (Wildman–Crippen LogP) is 3.67. The number of aromatic hydroxyl groups is 1. The van der Waals surface area contributed by atoms with Crippen molar-refractivity contribution in [3.8, 4) is 5.75 Å². The summed E-state index contributed by atoms with van der Waals surface area (Å²) in [6.07, 6.45) is 2.61. The average molecular weight is 325 g/mol. The molecule has 0 aliphatic rings. The maximum atomic E-state index is 9.33. The van der Waals surface area contributed by atoms with Gasteiger partial charge in [0, 0.05) is 13.0 Å². The molecule has 1 aromatic heterocycles. The average Bonchev–Trinajstić information content (AvgIpc) is 2.93. The molecule has 2 N–H and O–H groups in total. The summed E-state index contributed by atoms with van der Waals surface area (Å²) in [7, 11) is 0. The van der Waals surface area contributed by atoms with Crippen LogP contribution in [0.25, 0.3) is 0 Å². The topological polar surface area (TPSA) is 53.8 Å². The van der Waals surface area contributed by atoms with Crippen molar-refractivity contribution >= 4 is 12.2 Å². The van der Waals surface area contributed by atoms with Crippen molar-refractivity contribution in [3.63, 3.8) is 0 Å². The van der Waals surface area contributed by atoms with Crippen molar-refractivity contribution in [2.45, 2.75) is 25.8 Å². The van der Waals surface area contributed by atoms with Gasteiger partial charge in [-0.3, -0.25) is 5.10 Å². The minimum atomic E-state index is 0.291. The van der Waals surface area contributed by atoms with Crippen LogP contribution < -0.4 is 0 Å². The second-order valence-electron chi connectivity index (χ2n) is 5.50. The summed E-state index contributed by atoms with van der Waals surface area (Å²) in [5, 5.41) is 16.6. The van der Waals surface area contributed by atoms with E-state index in [0.717, 1.165) is 31.6 Å². The summed E-state index contributed by atoms with van der Waals surface area (Å²) in [4.78, 5) is 0. The molecule has 3 aromatic rings. The fraction of sp³-hybridized carbons (Fsp3) is 0.222. The van der Waals surface area contributed by atoms with Crippen LogP contribution in [0.3, 0.4) is 0 Å². The molecule has 0 amide bonds. The van der Waals surface area contributed by atoms with Crippen LogP contribution in [0.5, 0.6) is 5.75 Å². The third-order valence-corrected chi connectivity index (χ3v) is 4.19. The minimum absolute atomic E-state index is 0.291. The normalized spacial score (nSPS) is 10.8. The van der Waals surface area contributed by atoms with Crippen LogP contribution in [0.1, 0.15) is 17.0 Å². The van der Waals surface area contributed by atoms with Gasteiger partial charge in [-0.2, -0.15) is 5.10 Å². The number of benzene rings is 2. The van der Waals surface area contributed by atoms with Crippen LogP contribution in [0.2, 0.25) is 0 Å². The molecule has 118 valence electrons. The first-order valence-electron chi connectivity index (χ1n) is 7.68. The van der Waals surface area contributed by atoms with Gasteiger partial charge in [-0.1, -0.05) is 42.5 Å². The molecule has 0 saturated carbocycles. The van der Waals surface area contributed by atoms with Crippen LogP contribution >= 0.6 is 12.2 Å². The van der Waals surface area contributed by atoms with E-state index in [0.29, 0.717) is 10.5 Å². The molecule has 23 heavy (non-hydrogen) atoms. The molecule has 0 radical (unpaired) electrons. The summed E-state index contributed by atoms with van der Waals surface area (Å²) in [6, 6.07) is 17.7. The first-order chi connectivity index (χ1) is 11.2. The summed E-state index contributed by atoms with van der Waals surface area (Å²) in [6.45, 7) is 0.824. The van der Waals surface area contributed by atoms with Gasteiger partial charge in [0.1, 0.15) is 11.6 Å². The molecule has 2 aromatic carbocycles. The first kappa shape index (κ1) is 15.5. The fourth-order valence-electron chi connectivity index (χ4n) is 2.58. The van der Waals surface area contributed by atoms with E-state index in [2.05, 4.69) is 39.0 Å². The van der Waals surface area contributed by atoms with E-state index in [9.17, 15) is 5.11 Å². The van der Waals surface area contributed by atoms with Gasteiger partial charge in [-0.05, 0) is 48.3 Å². The number of aromatic nitrogens is 3. The molecule has 0 spiro atoms. The fourth-order valence-corrected chi connectivity index (χ4v) is 2.82. The number of H-pyrrole nitrogens is 1. The monoisotopic (exact) mass is 325 g/mol. The molecule has 0 atom stereocenters. The lowest BCUT2D eigenvalue weighted by atomic mass is 10.1. The lowest BCUT2D eigenvalue weighted by molar-refractivity contribution is 0.475. The van der Waals surface area contributed by atoms with Gasteiger partial charge < -0.3 is 9.67 Å². The quantitative estimate of drug-likeness (QED) is 0.680. The Morgan fingerprint density at radius 1 is 0.913 bits per heavy atom. The molecule has 4 nitrogen and oxygen atoms in total. The minimum Gasteiger partial charge on any atom is -0.508 e. The predicted molar refractivity (Wildman–Crippen MR) is 93.1 cm³/mol. The van der Waals surface area contributed by atoms with E-state index in [1.165, 1.54) is 11.1 Å². The number of aryl methyl sites for hydroxylation is 3. The second-order valence-corrected chi connectivity index (χ2v) is 5.89. The highest BCUT2D eigenvalue weighted by atomic mass is 32.1. The number of hydrogen-bond acceptors (Lipinski definition) is 3. The molecule has 0 aliphatic heterocycles. The van der Waals surface area contributed by atoms with E-state index in [1.54, 1.807) is 12.1 Å². The Hall–Kier alpha value is -2.40. The Kier molecular flexibility index (Phi) is 4.88. The van der Waals surface area contributed by atoms with E-state index in [-0.39, 0.29) is 0 Å². The molecule has 0 bridgehead atoms. The standard InChI is InChI=1S/C18H19N3OS/c22-16-9-6-15(7-10-16)8-11-17-19-20-18(23)21(17)13-12-14-4-2-1-3-5-14/h1-7,9-10,22H,8,11-13H2,(H,20,23). The summed E-state index contributed by atoms with van der Waals surface area (Å²) < 4.78 is 2.74. The number of aromatic amines is 1. The van der Waals surface area contributed by atoms with Crippen molar-refractivity contribution < 1.29 is 5.11 Å². The van der Waals surface area contributed by atoms with E-state index in [4.69, 9.17) is 12.2 Å². The molecule has 0 saturated heterocycles. The molecule has 0 unspecified atom stereocenters. The smallest absolute Gasteiger partial charge is 0.195 e.